The van der Waals surface area contributed by atoms with Crippen LogP contribution in [-0.2, 0) is 47.7 Å². The number of rotatable bonds is 10. The number of carbonyl (C=O) groups excluding carboxylic acids is 5. The van der Waals surface area contributed by atoms with Gasteiger partial charge in [-0.3, -0.25) is 19.2 Å². The minimum atomic E-state index is -2.58. The number of allylic oxidation sites excluding steroid dienone is 3. The Morgan fingerprint density at radius 2 is 1.72 bits per heavy atom. The van der Waals surface area contributed by atoms with Gasteiger partial charge >= 0.3 is 5.97 Å². The molecular formula is C46H71FN2O11. The standard InChI is InChI=1S/C46H71FN2O11/c1-10-20-58-37-25-32(16-17-34(37)48-26-50)21-30(6)41-27(3)15-18-36(51)33(11-2)22-28(4)40(47)29(5)23-38(56-8)42-39(57-9)24-31(7)46(55,60-42)43(52)44(53)49-19-13-12-14-35(49)45(54)59-41/h10,21-22,26-27,29,31-35,37-42,55H,1,11-20,23-25H2,2-9H3,(H,48,50)/b28-22+,30-21?. The molecule has 0 spiro atoms. The van der Waals surface area contributed by atoms with Crippen LogP contribution in [0, 0.1) is 29.6 Å². The highest BCUT2D eigenvalue weighted by atomic mass is 19.1. The maximum absolute atomic E-state index is 16.2. The summed E-state index contributed by atoms with van der Waals surface area (Å²) in [5, 5.41) is 14.9. The minimum absolute atomic E-state index is 0.0265. The number of fused-ring (bicyclic) bond motifs is 3. The van der Waals surface area contributed by atoms with Crippen LogP contribution in [0.3, 0.4) is 0 Å². The average Bonchev–Trinajstić information content (AvgIpc) is 3.24. The number of nitrogens with zero attached hydrogens (tertiary/aromatic N) is 1. The lowest BCUT2D eigenvalue weighted by atomic mass is 9.81. The molecule has 2 amide bonds. The summed E-state index contributed by atoms with van der Waals surface area (Å²) >= 11 is 0. The molecule has 0 aromatic carbocycles. The number of hydrogen-bond acceptors (Lipinski definition) is 11. The van der Waals surface area contributed by atoms with Crippen LogP contribution in [0.4, 0.5) is 4.39 Å². The lowest BCUT2D eigenvalue weighted by Crippen LogP contribution is -2.64. The van der Waals surface area contributed by atoms with Crippen LogP contribution in [-0.4, -0.2) is 122 Å². The van der Waals surface area contributed by atoms with E-state index in [-0.39, 0.29) is 62.0 Å². The fourth-order valence-electron chi connectivity index (χ4n) is 9.72. The zero-order valence-electron chi connectivity index (χ0n) is 37.1. The molecule has 14 heteroatoms. The Balaban J connectivity index is 1.75. The molecule has 2 N–H and O–H groups in total. The highest BCUT2D eigenvalue weighted by Gasteiger charge is 2.56. The molecule has 14 unspecified atom stereocenters. The third-order valence-electron chi connectivity index (χ3n) is 13.4. The predicted molar refractivity (Wildman–Crippen MR) is 223 cm³/mol. The first-order chi connectivity index (χ1) is 28.5. The molecule has 1 saturated carbocycles. The summed E-state index contributed by atoms with van der Waals surface area (Å²) in [7, 11) is 2.91. The van der Waals surface area contributed by atoms with E-state index in [1.165, 1.54) is 19.1 Å². The molecule has 3 aliphatic heterocycles. The second-order valence-electron chi connectivity index (χ2n) is 17.7. The van der Waals surface area contributed by atoms with E-state index in [4.69, 9.17) is 23.7 Å². The van der Waals surface area contributed by atoms with E-state index in [0.717, 1.165) is 12.0 Å². The summed E-state index contributed by atoms with van der Waals surface area (Å²) in [6.07, 6.45) is 5.78. The van der Waals surface area contributed by atoms with E-state index in [2.05, 4.69) is 18.0 Å². The van der Waals surface area contributed by atoms with Crippen molar-refractivity contribution in [3.63, 3.8) is 0 Å². The quantitative estimate of drug-likeness (QED) is 0.119. The van der Waals surface area contributed by atoms with Crippen molar-refractivity contribution in [2.45, 2.75) is 167 Å². The molecule has 60 heavy (non-hydrogen) atoms. The lowest BCUT2D eigenvalue weighted by molar-refractivity contribution is -0.302. The molecule has 13 nitrogen and oxygen atoms in total. The smallest absolute Gasteiger partial charge is 0.329 e. The number of alkyl halides is 1. The van der Waals surface area contributed by atoms with Gasteiger partial charge in [0, 0.05) is 39.0 Å². The molecular weight excluding hydrogens is 776 g/mol. The Morgan fingerprint density at radius 1 is 1.02 bits per heavy atom. The minimum Gasteiger partial charge on any atom is -0.456 e. The van der Waals surface area contributed by atoms with Gasteiger partial charge < -0.3 is 39.0 Å². The zero-order chi connectivity index (χ0) is 44.3. The highest BCUT2D eigenvalue weighted by Crippen LogP contribution is 2.39. The number of cyclic esters (lactones) is 1. The Kier molecular flexibility index (Phi) is 18.7. The second kappa shape index (κ2) is 22.7. The Hall–Kier alpha value is -3.30. The summed E-state index contributed by atoms with van der Waals surface area (Å²) < 4.78 is 46.4. The van der Waals surface area contributed by atoms with Gasteiger partial charge in [0.05, 0.1) is 31.0 Å². The molecule has 0 aromatic heterocycles. The molecule has 3 fully saturated rings. The van der Waals surface area contributed by atoms with Gasteiger partial charge in [0.2, 0.25) is 12.2 Å². The number of aliphatic hydroxyl groups is 1. The number of piperidine rings is 1. The topological polar surface area (TPSA) is 167 Å². The molecule has 0 radical (unpaired) electrons. The Labute approximate surface area is 356 Å². The number of hydrogen-bond donors (Lipinski definition) is 2. The number of ether oxygens (including phenoxy) is 5. The average molecular weight is 847 g/mol. The van der Waals surface area contributed by atoms with Gasteiger partial charge in [-0.2, -0.15) is 0 Å². The number of halogens is 1. The third-order valence-corrected chi connectivity index (χ3v) is 13.4. The van der Waals surface area contributed by atoms with Crippen LogP contribution in [0.25, 0.3) is 0 Å². The van der Waals surface area contributed by atoms with Gasteiger partial charge in [0.15, 0.2) is 0 Å². The number of esters is 1. The van der Waals surface area contributed by atoms with Crippen molar-refractivity contribution < 1.29 is 57.2 Å². The van der Waals surface area contributed by atoms with Crippen LogP contribution in [0.2, 0.25) is 0 Å². The van der Waals surface area contributed by atoms with Crippen molar-refractivity contribution in [3.8, 4) is 0 Å². The van der Waals surface area contributed by atoms with Crippen molar-refractivity contribution in [1.29, 1.82) is 0 Å². The molecule has 0 aromatic rings. The number of amides is 2. The Bertz CT molecular complexity index is 1570. The van der Waals surface area contributed by atoms with Gasteiger partial charge in [-0.05, 0) is 107 Å². The van der Waals surface area contributed by atoms with E-state index >= 15 is 4.39 Å². The molecule has 4 aliphatic rings. The predicted octanol–water partition coefficient (Wildman–Crippen LogP) is 5.76. The number of nitrogens with one attached hydrogen (secondary N) is 1. The number of methoxy groups -OCH3 is 2. The summed E-state index contributed by atoms with van der Waals surface area (Å²) in [4.78, 5) is 69.2. The molecule has 2 saturated heterocycles. The highest BCUT2D eigenvalue weighted by molar-refractivity contribution is 6.39. The lowest BCUT2D eigenvalue weighted by Gasteiger charge is -2.47. The number of ketones is 2. The monoisotopic (exact) mass is 847 g/mol. The van der Waals surface area contributed by atoms with Gasteiger partial charge in [0.25, 0.3) is 11.7 Å². The van der Waals surface area contributed by atoms with Crippen LogP contribution in [0.15, 0.2) is 36.0 Å². The van der Waals surface area contributed by atoms with Crippen LogP contribution in [0.1, 0.15) is 112 Å². The SMILES string of the molecule is C=CCOC1CC(C=C(C)C2OC(=O)C3CCCCN3C(=O)C(=O)C3(O)OC(C(OC)CC(C)C(F)/C(C)=C/C(CC)C(=O)CCC2C)C(OC)CC3C)CCC1NC=O. The van der Waals surface area contributed by atoms with Gasteiger partial charge in [-0.25, -0.2) is 9.18 Å². The van der Waals surface area contributed by atoms with Crippen LogP contribution < -0.4 is 5.32 Å². The number of Topliss-reactive ketones (excluding diaryl/α,β-unsaturated/α-hetero) is 2. The largest absolute Gasteiger partial charge is 0.456 e. The maximum Gasteiger partial charge on any atom is 0.329 e. The van der Waals surface area contributed by atoms with E-state index in [0.29, 0.717) is 57.1 Å². The first-order valence-corrected chi connectivity index (χ1v) is 22.0. The van der Waals surface area contributed by atoms with Crippen LogP contribution >= 0.6 is 0 Å². The van der Waals surface area contributed by atoms with E-state index in [9.17, 15) is 29.1 Å². The van der Waals surface area contributed by atoms with Gasteiger partial charge in [-0.15, -0.1) is 6.58 Å². The van der Waals surface area contributed by atoms with E-state index in [1.54, 1.807) is 32.9 Å². The fourth-order valence-corrected chi connectivity index (χ4v) is 9.72. The van der Waals surface area contributed by atoms with Crippen molar-refractivity contribution in [3.05, 3.63) is 36.0 Å². The molecule has 2 bridgehead atoms. The molecule has 338 valence electrons. The van der Waals surface area contributed by atoms with Gasteiger partial charge in [0.1, 0.15) is 30.2 Å². The molecule has 4 rings (SSSR count). The molecule has 14 atom stereocenters. The first kappa shape index (κ1) is 49.4. The van der Waals surface area contributed by atoms with E-state index in [1.807, 2.05) is 20.8 Å². The first-order valence-electron chi connectivity index (χ1n) is 22.0. The van der Waals surface area contributed by atoms with Crippen LogP contribution in [0.5, 0.6) is 0 Å². The summed E-state index contributed by atoms with van der Waals surface area (Å²) in [5.41, 5.74) is 1.17. The third kappa shape index (κ3) is 11.8. The number of carbonyl (C=O) groups is 5. The maximum atomic E-state index is 16.2. The van der Waals surface area contributed by atoms with Crippen molar-refractivity contribution in [2.24, 2.45) is 29.6 Å². The van der Waals surface area contributed by atoms with Crippen molar-refractivity contribution in [1.82, 2.24) is 10.2 Å². The fraction of sp³-hybridized carbons (Fsp3) is 0.761. The summed E-state index contributed by atoms with van der Waals surface area (Å²) in [6, 6.07) is -1.26. The summed E-state index contributed by atoms with van der Waals surface area (Å²) in [6.45, 7) is 14.9. The Morgan fingerprint density at radius 3 is 2.37 bits per heavy atom. The molecule has 3 heterocycles. The van der Waals surface area contributed by atoms with Crippen molar-refractivity contribution in [2.75, 3.05) is 27.4 Å². The normalized spacial score (nSPS) is 39.4. The zero-order valence-corrected chi connectivity index (χ0v) is 37.1. The molecule has 1 aliphatic carbocycles. The van der Waals surface area contributed by atoms with Crippen molar-refractivity contribution >= 4 is 29.9 Å². The summed E-state index contributed by atoms with van der Waals surface area (Å²) in [5.74, 6) is -7.92. The van der Waals surface area contributed by atoms with Gasteiger partial charge in [-0.1, -0.05) is 45.9 Å². The van der Waals surface area contributed by atoms with E-state index < -0.39 is 77.8 Å². The second-order valence-corrected chi connectivity index (χ2v) is 17.7.